The number of halogens is 1. The average Bonchev–Trinajstić information content (AvgIpc) is 2.47. The van der Waals surface area contributed by atoms with Crippen LogP contribution in [0.5, 0.6) is 11.5 Å². The van der Waals surface area contributed by atoms with E-state index in [-0.39, 0.29) is 5.82 Å². The molecule has 104 valence electrons. The van der Waals surface area contributed by atoms with Crippen LogP contribution < -0.4 is 9.47 Å². The van der Waals surface area contributed by atoms with Gasteiger partial charge in [0.25, 0.3) is 0 Å². The maximum Gasteiger partial charge on any atom is 0.169 e. The van der Waals surface area contributed by atoms with Gasteiger partial charge in [0.05, 0.1) is 0 Å². The van der Waals surface area contributed by atoms with E-state index in [0.29, 0.717) is 19.1 Å². The molecule has 0 N–H and O–H groups in total. The molecular weight excluding hydrogens is 255 g/mol. The van der Waals surface area contributed by atoms with Crippen molar-refractivity contribution in [2.24, 2.45) is 0 Å². The number of rotatable bonds is 2. The van der Waals surface area contributed by atoms with E-state index in [2.05, 4.69) is 19.9 Å². The summed E-state index contributed by atoms with van der Waals surface area (Å²) in [7, 11) is 0. The van der Waals surface area contributed by atoms with Gasteiger partial charge >= 0.3 is 0 Å². The van der Waals surface area contributed by atoms with Crippen LogP contribution in [0.25, 0.3) is 11.1 Å². The number of hydrogen-bond acceptors (Lipinski definition) is 2. The zero-order valence-corrected chi connectivity index (χ0v) is 11.7. The highest BCUT2D eigenvalue weighted by atomic mass is 19.1. The molecule has 2 aromatic rings. The molecule has 3 heteroatoms. The van der Waals surface area contributed by atoms with Gasteiger partial charge in [-0.25, -0.2) is 4.39 Å². The van der Waals surface area contributed by atoms with Gasteiger partial charge in [0.1, 0.15) is 19.0 Å². The van der Waals surface area contributed by atoms with Crippen molar-refractivity contribution in [2.45, 2.75) is 19.8 Å². The molecular formula is C17H17FO2. The van der Waals surface area contributed by atoms with E-state index in [1.807, 2.05) is 6.07 Å². The highest BCUT2D eigenvalue weighted by Gasteiger charge is 2.19. The summed E-state index contributed by atoms with van der Waals surface area (Å²) >= 11 is 0. The Kier molecular flexibility index (Phi) is 3.35. The zero-order valence-electron chi connectivity index (χ0n) is 11.7. The molecule has 2 nitrogen and oxygen atoms in total. The Morgan fingerprint density at radius 2 is 1.70 bits per heavy atom. The van der Waals surface area contributed by atoms with Crippen LogP contribution >= 0.6 is 0 Å². The molecule has 0 fully saturated rings. The molecule has 0 unspecified atom stereocenters. The Balaban J connectivity index is 2.17. The Bertz CT molecular complexity index is 618. The smallest absolute Gasteiger partial charge is 0.169 e. The van der Waals surface area contributed by atoms with Crippen molar-refractivity contribution in [1.82, 2.24) is 0 Å². The van der Waals surface area contributed by atoms with Gasteiger partial charge in [-0.1, -0.05) is 26.0 Å². The van der Waals surface area contributed by atoms with E-state index in [4.69, 9.17) is 9.47 Å². The van der Waals surface area contributed by atoms with Crippen molar-refractivity contribution >= 4 is 0 Å². The van der Waals surface area contributed by atoms with E-state index in [9.17, 15) is 4.39 Å². The third-order valence-electron chi connectivity index (χ3n) is 3.49. The van der Waals surface area contributed by atoms with Gasteiger partial charge < -0.3 is 9.47 Å². The number of ether oxygens (including phenoxy) is 2. The molecule has 0 spiro atoms. The first kappa shape index (κ1) is 13.0. The Labute approximate surface area is 118 Å². The third-order valence-corrected chi connectivity index (χ3v) is 3.49. The molecule has 0 aliphatic carbocycles. The lowest BCUT2D eigenvalue weighted by atomic mass is 9.95. The quantitative estimate of drug-likeness (QED) is 0.807. The van der Waals surface area contributed by atoms with Crippen molar-refractivity contribution in [3.05, 3.63) is 47.8 Å². The standard InChI is InChI=1S/C17H17FO2/c1-11(2)13-9-15(12-3-5-14(18)6-4-12)17-16(10-13)19-7-8-20-17/h3-6,9-11H,7-8H2,1-2H3. The van der Waals surface area contributed by atoms with Crippen molar-refractivity contribution in [1.29, 1.82) is 0 Å². The number of hydrogen-bond donors (Lipinski definition) is 0. The van der Waals surface area contributed by atoms with E-state index in [1.54, 1.807) is 12.1 Å². The van der Waals surface area contributed by atoms with Gasteiger partial charge in [0.15, 0.2) is 11.5 Å². The Morgan fingerprint density at radius 1 is 1.00 bits per heavy atom. The van der Waals surface area contributed by atoms with Gasteiger partial charge in [-0.05, 0) is 41.3 Å². The summed E-state index contributed by atoms with van der Waals surface area (Å²) in [6.45, 7) is 5.39. The molecule has 2 aromatic carbocycles. The SMILES string of the molecule is CC(C)c1cc2c(c(-c3ccc(F)cc3)c1)OCCO2. The monoisotopic (exact) mass is 272 g/mol. The predicted octanol–water partition coefficient (Wildman–Crippen LogP) is 4.39. The second-order valence-electron chi connectivity index (χ2n) is 5.25. The normalized spacial score (nSPS) is 13.6. The lowest BCUT2D eigenvalue weighted by Gasteiger charge is -2.23. The van der Waals surface area contributed by atoms with E-state index in [0.717, 1.165) is 22.6 Å². The maximum absolute atomic E-state index is 13.1. The van der Waals surface area contributed by atoms with Crippen molar-refractivity contribution in [2.75, 3.05) is 13.2 Å². The molecule has 0 saturated carbocycles. The molecule has 0 radical (unpaired) electrons. The Hall–Kier alpha value is -2.03. The fourth-order valence-electron chi connectivity index (χ4n) is 2.35. The van der Waals surface area contributed by atoms with E-state index >= 15 is 0 Å². The van der Waals surface area contributed by atoms with Crippen LogP contribution in [-0.2, 0) is 0 Å². The van der Waals surface area contributed by atoms with Crippen LogP contribution in [0.2, 0.25) is 0 Å². The highest BCUT2D eigenvalue weighted by molar-refractivity contribution is 5.75. The summed E-state index contributed by atoms with van der Waals surface area (Å²) in [6, 6.07) is 10.6. The molecule has 1 aliphatic heterocycles. The van der Waals surface area contributed by atoms with Crippen molar-refractivity contribution in [3.8, 4) is 22.6 Å². The second kappa shape index (κ2) is 5.16. The predicted molar refractivity (Wildman–Crippen MR) is 76.9 cm³/mol. The third kappa shape index (κ3) is 2.36. The van der Waals surface area contributed by atoms with Gasteiger partial charge in [0, 0.05) is 5.56 Å². The molecule has 0 atom stereocenters. The van der Waals surface area contributed by atoms with Crippen molar-refractivity contribution < 1.29 is 13.9 Å². The molecule has 1 aliphatic rings. The van der Waals surface area contributed by atoms with Crippen LogP contribution in [0.1, 0.15) is 25.3 Å². The average molecular weight is 272 g/mol. The van der Waals surface area contributed by atoms with Crippen LogP contribution in [-0.4, -0.2) is 13.2 Å². The summed E-state index contributed by atoms with van der Waals surface area (Å²) in [6.07, 6.45) is 0. The first-order chi connectivity index (χ1) is 9.65. The zero-order chi connectivity index (χ0) is 14.1. The first-order valence-corrected chi connectivity index (χ1v) is 6.84. The van der Waals surface area contributed by atoms with Crippen LogP contribution in [0.3, 0.4) is 0 Å². The fourth-order valence-corrected chi connectivity index (χ4v) is 2.35. The molecule has 0 saturated heterocycles. The van der Waals surface area contributed by atoms with Gasteiger partial charge in [0.2, 0.25) is 0 Å². The summed E-state index contributed by atoms with van der Waals surface area (Å²) in [5.41, 5.74) is 3.09. The van der Waals surface area contributed by atoms with Crippen molar-refractivity contribution in [3.63, 3.8) is 0 Å². The first-order valence-electron chi connectivity index (χ1n) is 6.84. The summed E-state index contributed by atoms with van der Waals surface area (Å²) in [4.78, 5) is 0. The summed E-state index contributed by atoms with van der Waals surface area (Å²) in [5, 5.41) is 0. The van der Waals surface area contributed by atoms with Crippen LogP contribution in [0, 0.1) is 5.82 Å². The lowest BCUT2D eigenvalue weighted by molar-refractivity contribution is 0.172. The minimum absolute atomic E-state index is 0.236. The molecule has 1 heterocycles. The summed E-state index contributed by atoms with van der Waals surface area (Å²) in [5.74, 6) is 1.69. The van der Waals surface area contributed by atoms with Gasteiger partial charge in [-0.3, -0.25) is 0 Å². The second-order valence-corrected chi connectivity index (χ2v) is 5.25. The van der Waals surface area contributed by atoms with Crippen LogP contribution in [0.4, 0.5) is 4.39 Å². The molecule has 0 aromatic heterocycles. The minimum atomic E-state index is -0.236. The molecule has 20 heavy (non-hydrogen) atoms. The Morgan fingerprint density at radius 3 is 2.40 bits per heavy atom. The maximum atomic E-state index is 13.1. The molecule has 0 bridgehead atoms. The number of benzene rings is 2. The van der Waals surface area contributed by atoms with E-state index < -0.39 is 0 Å². The fraction of sp³-hybridized carbons (Fsp3) is 0.294. The topological polar surface area (TPSA) is 18.5 Å². The molecule has 0 amide bonds. The van der Waals surface area contributed by atoms with Crippen LogP contribution in [0.15, 0.2) is 36.4 Å². The van der Waals surface area contributed by atoms with Gasteiger partial charge in [-0.2, -0.15) is 0 Å². The number of fused-ring (bicyclic) bond motifs is 1. The van der Waals surface area contributed by atoms with E-state index in [1.165, 1.54) is 17.7 Å². The highest BCUT2D eigenvalue weighted by Crippen LogP contribution is 2.42. The lowest BCUT2D eigenvalue weighted by Crippen LogP contribution is -2.16. The minimum Gasteiger partial charge on any atom is -0.486 e. The molecule has 3 rings (SSSR count). The largest absolute Gasteiger partial charge is 0.486 e. The summed E-state index contributed by atoms with van der Waals surface area (Å²) < 4.78 is 24.5. The van der Waals surface area contributed by atoms with Gasteiger partial charge in [-0.15, -0.1) is 0 Å².